The topological polar surface area (TPSA) is 88.9 Å². The highest BCUT2D eigenvalue weighted by Crippen LogP contribution is 2.21. The fourth-order valence-corrected chi connectivity index (χ4v) is 4.24. The summed E-state index contributed by atoms with van der Waals surface area (Å²) in [6, 6.07) is 9.32. The number of nitrogens with zero attached hydrogens (tertiary/aromatic N) is 3. The van der Waals surface area contributed by atoms with E-state index in [0.29, 0.717) is 37.2 Å². The maximum absolute atomic E-state index is 12.8. The molecule has 0 N–H and O–H groups in total. The van der Waals surface area contributed by atoms with E-state index in [0.717, 1.165) is 10.00 Å². The lowest BCUT2D eigenvalue weighted by Crippen LogP contribution is -2.41. The Kier molecular flexibility index (Phi) is 6.33. The summed E-state index contributed by atoms with van der Waals surface area (Å²) < 4.78 is 33.0. The molecule has 3 rings (SSSR count). The first kappa shape index (κ1) is 22.0. The second-order valence-corrected chi connectivity index (χ2v) is 9.80. The van der Waals surface area contributed by atoms with Gasteiger partial charge in [0, 0.05) is 64.4 Å². The van der Waals surface area contributed by atoms with Gasteiger partial charge < -0.3 is 14.2 Å². The van der Waals surface area contributed by atoms with E-state index in [1.54, 1.807) is 28.6 Å². The predicted octanol–water partition coefficient (Wildman–Crippen LogP) is 1.63. The van der Waals surface area contributed by atoms with Crippen LogP contribution in [-0.2, 0) is 17.1 Å². The molecule has 1 fully saturated rings. The van der Waals surface area contributed by atoms with Crippen LogP contribution in [0.5, 0.6) is 5.75 Å². The van der Waals surface area contributed by atoms with Gasteiger partial charge in [-0.15, -0.1) is 0 Å². The van der Waals surface area contributed by atoms with Gasteiger partial charge in [0.1, 0.15) is 11.9 Å². The van der Waals surface area contributed by atoms with Crippen LogP contribution in [0.4, 0.5) is 0 Å². The van der Waals surface area contributed by atoms with Crippen molar-refractivity contribution in [1.29, 1.82) is 0 Å². The minimum absolute atomic E-state index is 0.0619. The van der Waals surface area contributed by atoms with E-state index in [1.807, 2.05) is 13.0 Å². The maximum atomic E-state index is 12.8. The molecule has 1 aliphatic rings. The summed E-state index contributed by atoms with van der Waals surface area (Å²) in [6.45, 7) is 2.92. The van der Waals surface area contributed by atoms with Crippen LogP contribution in [0, 0.1) is 6.92 Å². The fourth-order valence-electron chi connectivity index (χ4n) is 3.34. The lowest BCUT2D eigenvalue weighted by molar-refractivity contribution is 0.0595. The molecule has 1 aromatic heterocycles. The van der Waals surface area contributed by atoms with Crippen molar-refractivity contribution in [3.05, 3.63) is 58.0 Å². The zero-order valence-corrected chi connectivity index (χ0v) is 18.5. The molecule has 1 aliphatic heterocycles. The van der Waals surface area contributed by atoms with Crippen LogP contribution in [0.1, 0.15) is 28.9 Å². The van der Waals surface area contributed by atoms with Gasteiger partial charge in [0.15, 0.2) is 0 Å². The molecule has 0 radical (unpaired) electrons. The van der Waals surface area contributed by atoms with E-state index >= 15 is 0 Å². The number of hydrogen-bond donors (Lipinski definition) is 0. The SMILES string of the molecule is Cc1cc(OC2CCN(C(=O)c3ccc(S(=O)(=O)N(C)C)cc3)CC2)cc(=O)n1C. The van der Waals surface area contributed by atoms with Crippen molar-refractivity contribution in [2.75, 3.05) is 27.2 Å². The van der Waals surface area contributed by atoms with Crippen molar-refractivity contribution < 1.29 is 17.9 Å². The largest absolute Gasteiger partial charge is 0.490 e. The number of benzene rings is 1. The van der Waals surface area contributed by atoms with E-state index in [1.165, 1.54) is 32.3 Å². The summed E-state index contributed by atoms with van der Waals surface area (Å²) in [6.07, 6.45) is 1.26. The van der Waals surface area contributed by atoms with Gasteiger partial charge in [0.2, 0.25) is 10.0 Å². The van der Waals surface area contributed by atoms with Crippen LogP contribution in [0.3, 0.4) is 0 Å². The van der Waals surface area contributed by atoms with Gasteiger partial charge in [-0.1, -0.05) is 0 Å². The zero-order valence-electron chi connectivity index (χ0n) is 17.7. The van der Waals surface area contributed by atoms with Crippen LogP contribution in [-0.4, -0.2) is 61.4 Å². The number of carbonyl (C=O) groups is 1. The highest BCUT2D eigenvalue weighted by atomic mass is 32.2. The number of likely N-dealkylation sites (tertiary alicyclic amines) is 1. The quantitative estimate of drug-likeness (QED) is 0.715. The van der Waals surface area contributed by atoms with E-state index in [4.69, 9.17) is 4.74 Å². The molecule has 1 aromatic carbocycles. The summed E-state index contributed by atoms with van der Waals surface area (Å²) in [4.78, 5) is 26.6. The summed E-state index contributed by atoms with van der Waals surface area (Å²) >= 11 is 0. The van der Waals surface area contributed by atoms with Crippen molar-refractivity contribution >= 4 is 15.9 Å². The van der Waals surface area contributed by atoms with Crippen LogP contribution < -0.4 is 10.3 Å². The van der Waals surface area contributed by atoms with E-state index < -0.39 is 10.0 Å². The second-order valence-electron chi connectivity index (χ2n) is 7.65. The summed E-state index contributed by atoms with van der Waals surface area (Å²) in [5.74, 6) is 0.421. The first-order valence-corrected chi connectivity index (χ1v) is 11.2. The Bertz CT molecular complexity index is 1080. The first-order valence-electron chi connectivity index (χ1n) is 9.76. The third-order valence-electron chi connectivity index (χ3n) is 5.39. The molecule has 162 valence electrons. The van der Waals surface area contributed by atoms with Crippen LogP contribution in [0.25, 0.3) is 0 Å². The number of aryl methyl sites for hydroxylation is 1. The number of piperidine rings is 1. The normalized spacial score (nSPS) is 15.4. The Hall–Kier alpha value is -2.65. The third-order valence-corrected chi connectivity index (χ3v) is 7.22. The van der Waals surface area contributed by atoms with Gasteiger partial charge in [-0.2, -0.15) is 0 Å². The lowest BCUT2D eigenvalue weighted by Gasteiger charge is -2.32. The fraction of sp³-hybridized carbons (Fsp3) is 0.429. The summed E-state index contributed by atoms with van der Waals surface area (Å²) in [7, 11) is 1.13. The number of pyridine rings is 1. The van der Waals surface area contributed by atoms with Gasteiger partial charge in [0.25, 0.3) is 11.5 Å². The second kappa shape index (κ2) is 8.61. The molecule has 2 heterocycles. The summed E-state index contributed by atoms with van der Waals surface area (Å²) in [5, 5.41) is 0. The smallest absolute Gasteiger partial charge is 0.254 e. The van der Waals surface area contributed by atoms with Crippen molar-refractivity contribution in [3.8, 4) is 5.75 Å². The number of aromatic nitrogens is 1. The zero-order chi connectivity index (χ0) is 22.1. The minimum Gasteiger partial charge on any atom is -0.490 e. The Morgan fingerprint density at radius 1 is 1.10 bits per heavy atom. The van der Waals surface area contributed by atoms with Crippen LogP contribution in [0.15, 0.2) is 46.1 Å². The predicted molar refractivity (Wildman–Crippen MR) is 113 cm³/mol. The molecule has 9 heteroatoms. The highest BCUT2D eigenvalue weighted by molar-refractivity contribution is 7.89. The third kappa shape index (κ3) is 4.57. The maximum Gasteiger partial charge on any atom is 0.254 e. The molecule has 30 heavy (non-hydrogen) atoms. The van der Waals surface area contributed by atoms with Gasteiger partial charge >= 0.3 is 0 Å². The van der Waals surface area contributed by atoms with Crippen LogP contribution >= 0.6 is 0 Å². The molecule has 2 aromatic rings. The average molecular weight is 434 g/mol. The number of rotatable bonds is 5. The van der Waals surface area contributed by atoms with Gasteiger partial charge in [-0.25, -0.2) is 12.7 Å². The lowest BCUT2D eigenvalue weighted by atomic mass is 10.1. The Labute approximate surface area is 176 Å². The molecular weight excluding hydrogens is 406 g/mol. The molecule has 0 aliphatic carbocycles. The Morgan fingerprint density at radius 3 is 2.23 bits per heavy atom. The van der Waals surface area contributed by atoms with Gasteiger partial charge in [-0.3, -0.25) is 9.59 Å². The molecular formula is C21H27N3O5S. The van der Waals surface area contributed by atoms with Crippen molar-refractivity contribution in [1.82, 2.24) is 13.8 Å². The van der Waals surface area contributed by atoms with Crippen molar-refractivity contribution in [2.45, 2.75) is 30.8 Å². The van der Waals surface area contributed by atoms with Crippen molar-refractivity contribution in [2.24, 2.45) is 7.05 Å². The minimum atomic E-state index is -3.52. The molecule has 8 nitrogen and oxygen atoms in total. The summed E-state index contributed by atoms with van der Waals surface area (Å²) in [5.41, 5.74) is 1.16. The van der Waals surface area contributed by atoms with Crippen molar-refractivity contribution in [3.63, 3.8) is 0 Å². The van der Waals surface area contributed by atoms with Gasteiger partial charge in [0.05, 0.1) is 4.90 Å². The number of hydrogen-bond acceptors (Lipinski definition) is 5. The number of ether oxygens (including phenoxy) is 1. The molecule has 0 atom stereocenters. The first-order chi connectivity index (χ1) is 14.1. The van der Waals surface area contributed by atoms with E-state index in [2.05, 4.69) is 0 Å². The van der Waals surface area contributed by atoms with Crippen LogP contribution in [0.2, 0.25) is 0 Å². The number of sulfonamides is 1. The highest BCUT2D eigenvalue weighted by Gasteiger charge is 2.25. The number of amides is 1. The number of carbonyl (C=O) groups excluding carboxylic acids is 1. The molecule has 0 bridgehead atoms. The average Bonchev–Trinajstić information content (AvgIpc) is 2.72. The van der Waals surface area contributed by atoms with Gasteiger partial charge in [-0.05, 0) is 37.3 Å². The molecule has 1 amide bonds. The van der Waals surface area contributed by atoms with E-state index in [9.17, 15) is 18.0 Å². The molecule has 0 unspecified atom stereocenters. The molecule has 0 spiro atoms. The van der Waals surface area contributed by atoms with E-state index in [-0.39, 0.29) is 22.5 Å². The monoisotopic (exact) mass is 433 g/mol. The molecule has 0 saturated carbocycles. The standard InChI is InChI=1S/C21H27N3O5S/c1-15-13-18(14-20(25)23(15)4)29-17-9-11-24(12-10-17)21(26)16-5-7-19(8-6-16)30(27,28)22(2)3/h5-8,13-14,17H,9-12H2,1-4H3. The Balaban J connectivity index is 1.61. The molecule has 1 saturated heterocycles. The Morgan fingerprint density at radius 2 is 1.70 bits per heavy atom.